The van der Waals surface area contributed by atoms with Gasteiger partial charge in [0.25, 0.3) is 11.8 Å². The van der Waals surface area contributed by atoms with Crippen LogP contribution in [0.25, 0.3) is 5.57 Å². The van der Waals surface area contributed by atoms with E-state index in [0.29, 0.717) is 30.9 Å². The lowest BCUT2D eigenvalue weighted by Gasteiger charge is -2.37. The summed E-state index contributed by atoms with van der Waals surface area (Å²) in [6.45, 7) is 5.66. The first kappa shape index (κ1) is 22.5. The summed E-state index contributed by atoms with van der Waals surface area (Å²) < 4.78 is 0. The molecule has 0 saturated carbocycles. The molecule has 4 rings (SSSR count). The Balaban J connectivity index is 1.46. The van der Waals surface area contributed by atoms with Crippen molar-refractivity contribution in [2.45, 2.75) is 45.4 Å². The van der Waals surface area contributed by atoms with Gasteiger partial charge < -0.3 is 9.80 Å². The fourth-order valence-electron chi connectivity index (χ4n) is 4.45. The monoisotopic (exact) mass is 452 g/mol. The largest absolute Gasteiger partial charge is 0.363 e. The van der Waals surface area contributed by atoms with Gasteiger partial charge in [-0.3, -0.25) is 14.5 Å². The number of carbonyl (C=O) groups is 2. The number of anilines is 1. The van der Waals surface area contributed by atoms with Crippen LogP contribution in [0.15, 0.2) is 47.6 Å². The third kappa shape index (κ3) is 4.88. The van der Waals surface area contributed by atoms with Crippen LogP contribution in [-0.2, 0) is 9.59 Å². The van der Waals surface area contributed by atoms with Crippen LogP contribution in [-0.4, -0.2) is 59.3 Å². The van der Waals surface area contributed by atoms with Crippen molar-refractivity contribution in [3.63, 3.8) is 0 Å². The first-order valence-corrected chi connectivity index (χ1v) is 12.6. The van der Waals surface area contributed by atoms with Crippen molar-refractivity contribution in [3.8, 4) is 0 Å². The Morgan fingerprint density at radius 2 is 1.62 bits per heavy atom. The number of hydrogen-bond acceptors (Lipinski definition) is 6. The average molecular weight is 453 g/mol. The molecule has 0 unspecified atom stereocenters. The lowest BCUT2D eigenvalue weighted by atomic mass is 10.1. The van der Waals surface area contributed by atoms with Crippen molar-refractivity contribution in [1.29, 1.82) is 0 Å². The smallest absolute Gasteiger partial charge is 0.277 e. The van der Waals surface area contributed by atoms with Gasteiger partial charge in [0.1, 0.15) is 11.5 Å². The van der Waals surface area contributed by atoms with Crippen LogP contribution in [0, 0.1) is 0 Å². The predicted molar refractivity (Wildman–Crippen MR) is 129 cm³/mol. The van der Waals surface area contributed by atoms with Crippen LogP contribution >= 0.6 is 11.3 Å². The molecule has 2 aliphatic rings. The standard InChI is InChI=1S/C25H32N4O2S/c1-2-3-4-5-6-9-14-29-24(30)22(20-11-10-19-32-20)23(25(29)31)28-17-15-27(16-18-28)21-12-7-8-13-26-21/h7-8,10-13,19H,2-6,9,14-18H2,1H3. The van der Waals surface area contributed by atoms with Crippen molar-refractivity contribution in [2.75, 3.05) is 37.6 Å². The van der Waals surface area contributed by atoms with E-state index in [1.165, 1.54) is 35.5 Å². The maximum Gasteiger partial charge on any atom is 0.277 e. The van der Waals surface area contributed by atoms with E-state index in [1.54, 1.807) is 6.20 Å². The van der Waals surface area contributed by atoms with E-state index in [1.807, 2.05) is 35.7 Å². The number of imide groups is 1. The van der Waals surface area contributed by atoms with Gasteiger partial charge in [0, 0.05) is 43.8 Å². The molecule has 0 bridgehead atoms. The normalized spacial score (nSPS) is 17.1. The Morgan fingerprint density at radius 3 is 2.31 bits per heavy atom. The number of aromatic nitrogens is 1. The van der Waals surface area contributed by atoms with Gasteiger partial charge >= 0.3 is 0 Å². The van der Waals surface area contributed by atoms with Crippen molar-refractivity contribution in [2.24, 2.45) is 0 Å². The molecule has 2 aliphatic heterocycles. The summed E-state index contributed by atoms with van der Waals surface area (Å²) in [6.07, 6.45) is 8.59. The Bertz CT molecular complexity index is 934. The highest BCUT2D eigenvalue weighted by Crippen LogP contribution is 2.34. The lowest BCUT2D eigenvalue weighted by molar-refractivity contribution is -0.137. The molecule has 6 nitrogen and oxygen atoms in total. The van der Waals surface area contributed by atoms with Gasteiger partial charge in [0.05, 0.1) is 5.57 Å². The summed E-state index contributed by atoms with van der Waals surface area (Å²) in [5.41, 5.74) is 1.17. The maximum atomic E-state index is 13.4. The molecule has 0 radical (unpaired) electrons. The van der Waals surface area contributed by atoms with E-state index < -0.39 is 0 Å². The Morgan fingerprint density at radius 1 is 0.875 bits per heavy atom. The molecule has 7 heteroatoms. The highest BCUT2D eigenvalue weighted by Gasteiger charge is 2.42. The summed E-state index contributed by atoms with van der Waals surface area (Å²) >= 11 is 1.53. The fourth-order valence-corrected chi connectivity index (χ4v) is 5.22. The van der Waals surface area contributed by atoms with E-state index in [2.05, 4.69) is 21.7 Å². The third-order valence-electron chi connectivity index (χ3n) is 6.22. The molecule has 2 aromatic heterocycles. The maximum absolute atomic E-state index is 13.4. The number of pyridine rings is 1. The van der Waals surface area contributed by atoms with Gasteiger partial charge in [0.2, 0.25) is 0 Å². The minimum absolute atomic E-state index is 0.127. The number of thiophene rings is 1. The lowest BCUT2D eigenvalue weighted by Crippen LogP contribution is -2.48. The molecule has 4 heterocycles. The molecule has 0 N–H and O–H groups in total. The average Bonchev–Trinajstić information content (AvgIpc) is 3.44. The Kier molecular flexibility index (Phi) is 7.58. The molecule has 2 amide bonds. The molecule has 1 fully saturated rings. The second kappa shape index (κ2) is 10.8. The molecule has 170 valence electrons. The van der Waals surface area contributed by atoms with Crippen LogP contribution < -0.4 is 4.90 Å². The third-order valence-corrected chi connectivity index (χ3v) is 7.10. The molecular weight excluding hydrogens is 420 g/mol. The number of unbranched alkanes of at least 4 members (excludes halogenated alkanes) is 5. The number of piperazine rings is 1. The summed E-state index contributed by atoms with van der Waals surface area (Å²) in [4.78, 5) is 37.9. The number of carbonyl (C=O) groups excluding carboxylic acids is 2. The zero-order valence-electron chi connectivity index (χ0n) is 18.8. The molecule has 2 aromatic rings. The van der Waals surface area contributed by atoms with Crippen LogP contribution in [0.2, 0.25) is 0 Å². The van der Waals surface area contributed by atoms with Crippen molar-refractivity contribution in [1.82, 2.24) is 14.8 Å². The second-order valence-electron chi connectivity index (χ2n) is 8.39. The molecule has 0 aliphatic carbocycles. The number of nitrogens with zero attached hydrogens (tertiary/aromatic N) is 4. The number of amides is 2. The van der Waals surface area contributed by atoms with Crippen LogP contribution in [0.1, 0.15) is 50.3 Å². The summed E-state index contributed by atoms with van der Waals surface area (Å²) in [6, 6.07) is 9.81. The Hall–Kier alpha value is -2.67. The molecular formula is C25H32N4O2S. The zero-order valence-corrected chi connectivity index (χ0v) is 19.6. The number of rotatable bonds is 10. The molecule has 1 saturated heterocycles. The molecule has 0 aromatic carbocycles. The van der Waals surface area contributed by atoms with E-state index in [4.69, 9.17) is 0 Å². The highest BCUT2D eigenvalue weighted by atomic mass is 32.1. The summed E-state index contributed by atoms with van der Waals surface area (Å²) in [7, 11) is 0. The SMILES string of the molecule is CCCCCCCCN1C(=O)C(c2cccs2)=C(N2CCN(c3ccccn3)CC2)C1=O. The Labute approximate surface area is 194 Å². The van der Waals surface area contributed by atoms with Crippen LogP contribution in [0.4, 0.5) is 5.82 Å². The molecule has 32 heavy (non-hydrogen) atoms. The highest BCUT2D eigenvalue weighted by molar-refractivity contribution is 7.11. The van der Waals surface area contributed by atoms with Gasteiger partial charge in [-0.2, -0.15) is 0 Å². The van der Waals surface area contributed by atoms with Gasteiger partial charge in [-0.15, -0.1) is 11.3 Å². The van der Waals surface area contributed by atoms with Gasteiger partial charge in [-0.1, -0.05) is 51.2 Å². The minimum atomic E-state index is -0.131. The first-order valence-electron chi connectivity index (χ1n) is 11.8. The van der Waals surface area contributed by atoms with Crippen LogP contribution in [0.5, 0.6) is 0 Å². The number of hydrogen-bond donors (Lipinski definition) is 0. The van der Waals surface area contributed by atoms with E-state index in [9.17, 15) is 9.59 Å². The van der Waals surface area contributed by atoms with Crippen molar-refractivity contribution >= 4 is 34.5 Å². The minimum Gasteiger partial charge on any atom is -0.363 e. The van der Waals surface area contributed by atoms with E-state index in [-0.39, 0.29) is 11.8 Å². The van der Waals surface area contributed by atoms with E-state index in [0.717, 1.165) is 43.0 Å². The molecule has 0 atom stereocenters. The summed E-state index contributed by atoms with van der Waals surface area (Å²) in [5, 5.41) is 1.97. The quantitative estimate of drug-likeness (QED) is 0.395. The zero-order chi connectivity index (χ0) is 22.3. The topological polar surface area (TPSA) is 56.8 Å². The predicted octanol–water partition coefficient (Wildman–Crippen LogP) is 4.41. The summed E-state index contributed by atoms with van der Waals surface area (Å²) in [5.74, 6) is 0.699. The first-order chi connectivity index (χ1) is 15.7. The van der Waals surface area contributed by atoms with Crippen molar-refractivity contribution < 1.29 is 9.59 Å². The van der Waals surface area contributed by atoms with Gasteiger partial charge in [-0.25, -0.2) is 4.98 Å². The molecule has 0 spiro atoms. The van der Waals surface area contributed by atoms with Gasteiger partial charge in [-0.05, 0) is 30.0 Å². The van der Waals surface area contributed by atoms with Gasteiger partial charge in [0.15, 0.2) is 0 Å². The van der Waals surface area contributed by atoms with E-state index >= 15 is 0 Å². The second-order valence-corrected chi connectivity index (χ2v) is 9.34. The van der Waals surface area contributed by atoms with Crippen molar-refractivity contribution in [3.05, 3.63) is 52.5 Å². The van der Waals surface area contributed by atoms with Crippen LogP contribution in [0.3, 0.4) is 0 Å². The fraction of sp³-hybridized carbons (Fsp3) is 0.480.